The second kappa shape index (κ2) is 10.9. The van der Waals surface area contributed by atoms with Crippen molar-refractivity contribution in [2.75, 3.05) is 26.7 Å². The quantitative estimate of drug-likeness (QED) is 0.438. The molecule has 0 bridgehead atoms. The fraction of sp³-hybridized carbons (Fsp3) is 0.480. The van der Waals surface area contributed by atoms with Crippen LogP contribution < -0.4 is 11.2 Å². The third-order valence-corrected chi connectivity index (χ3v) is 6.51. The first kappa shape index (κ1) is 24.8. The van der Waals surface area contributed by atoms with Crippen LogP contribution >= 0.6 is 0 Å². The topological polar surface area (TPSA) is 96.0 Å². The molecule has 2 atom stereocenters. The van der Waals surface area contributed by atoms with Crippen LogP contribution in [-0.4, -0.2) is 58.3 Å². The zero-order valence-electron chi connectivity index (χ0n) is 20.3. The first-order chi connectivity index (χ1) is 16.0. The Hall–Kier alpha value is -2.81. The molecular formula is C25H37N5O3. The number of hydrogen-bond donors (Lipinski definition) is 3. The molecule has 33 heavy (non-hydrogen) atoms. The molecule has 2 aromatic rings. The van der Waals surface area contributed by atoms with E-state index in [4.69, 9.17) is 11.0 Å². The van der Waals surface area contributed by atoms with Crippen LogP contribution in [0.2, 0.25) is 0 Å². The minimum atomic E-state index is -0.127. The Labute approximate surface area is 196 Å². The molecule has 0 spiro atoms. The Morgan fingerprint density at radius 2 is 2.06 bits per heavy atom. The highest BCUT2D eigenvalue weighted by molar-refractivity contribution is 5.99. The predicted molar refractivity (Wildman–Crippen MR) is 132 cm³/mol. The summed E-state index contributed by atoms with van der Waals surface area (Å²) in [6.07, 6.45) is 6.69. The Morgan fingerprint density at radius 1 is 1.33 bits per heavy atom. The highest BCUT2D eigenvalue weighted by Gasteiger charge is 2.36. The van der Waals surface area contributed by atoms with Crippen molar-refractivity contribution in [2.45, 2.75) is 46.7 Å². The van der Waals surface area contributed by atoms with Gasteiger partial charge in [0.2, 0.25) is 5.91 Å². The molecule has 4 rings (SSSR count). The number of allylic oxidation sites excluding steroid dienone is 1. The number of carbonyl (C=O) groups is 1. The van der Waals surface area contributed by atoms with Crippen LogP contribution in [0.4, 0.5) is 0 Å². The van der Waals surface area contributed by atoms with E-state index in [1.54, 1.807) is 0 Å². The Balaban J connectivity index is 0.00000149. The number of nitrogens with zero attached hydrogens (tertiary/aromatic N) is 3. The van der Waals surface area contributed by atoms with Gasteiger partial charge in [0.05, 0.1) is 12.5 Å². The zero-order chi connectivity index (χ0) is 24.1. The molecule has 0 saturated carbocycles. The largest absolute Gasteiger partial charge is 0.399 e. The SMILES string of the molecule is CC.CCN(CC)C(=O)[C@@H]1C=C2c3cccc4c3c(cn4C/C(N)=C/NOO)C[C@H]2N(C)C1. The van der Waals surface area contributed by atoms with Gasteiger partial charge < -0.3 is 15.2 Å². The molecule has 1 aliphatic heterocycles. The summed E-state index contributed by atoms with van der Waals surface area (Å²) in [5.74, 6) is 0.0769. The van der Waals surface area contributed by atoms with E-state index in [9.17, 15) is 4.79 Å². The van der Waals surface area contributed by atoms with Crippen molar-refractivity contribution in [3.8, 4) is 0 Å². The van der Waals surface area contributed by atoms with Crippen LogP contribution in [-0.2, 0) is 22.7 Å². The molecule has 1 amide bonds. The third-order valence-electron chi connectivity index (χ3n) is 6.51. The molecule has 0 fully saturated rings. The molecule has 2 aliphatic rings. The van der Waals surface area contributed by atoms with Gasteiger partial charge in [-0.2, -0.15) is 0 Å². The summed E-state index contributed by atoms with van der Waals surface area (Å²) in [4.78, 5) is 21.2. The molecular weight excluding hydrogens is 418 g/mol. The number of benzene rings is 1. The molecule has 0 saturated heterocycles. The Bertz CT molecular complexity index is 1040. The van der Waals surface area contributed by atoms with Crippen molar-refractivity contribution in [1.82, 2.24) is 19.8 Å². The highest BCUT2D eigenvalue weighted by Crippen LogP contribution is 2.41. The lowest BCUT2D eigenvalue weighted by Gasteiger charge is -2.40. The smallest absolute Gasteiger partial charge is 0.230 e. The zero-order valence-corrected chi connectivity index (χ0v) is 20.3. The summed E-state index contributed by atoms with van der Waals surface area (Å²) in [5, 5.41) is 9.68. The number of amides is 1. The van der Waals surface area contributed by atoms with Crippen molar-refractivity contribution in [3.05, 3.63) is 53.5 Å². The number of fused-ring (bicyclic) bond motifs is 2. The van der Waals surface area contributed by atoms with Gasteiger partial charge in [0.25, 0.3) is 0 Å². The van der Waals surface area contributed by atoms with E-state index >= 15 is 0 Å². The number of hydrogen-bond acceptors (Lipinski definition) is 6. The number of nitrogens with one attached hydrogen (secondary N) is 1. The number of likely N-dealkylation sites (N-methyl/N-ethyl adjacent to an activating group) is 1. The average Bonchev–Trinajstić information content (AvgIpc) is 3.18. The van der Waals surface area contributed by atoms with Crippen LogP contribution in [0, 0.1) is 5.92 Å². The van der Waals surface area contributed by atoms with Gasteiger partial charge in [-0.1, -0.05) is 32.1 Å². The first-order valence-electron chi connectivity index (χ1n) is 11.8. The Kier molecular flexibility index (Phi) is 8.18. The fourth-order valence-electron chi connectivity index (χ4n) is 5.03. The summed E-state index contributed by atoms with van der Waals surface area (Å²) in [6.45, 7) is 10.7. The predicted octanol–water partition coefficient (Wildman–Crippen LogP) is 3.20. The second-order valence-corrected chi connectivity index (χ2v) is 8.31. The van der Waals surface area contributed by atoms with Crippen LogP contribution in [0.25, 0.3) is 16.5 Å². The van der Waals surface area contributed by atoms with Gasteiger partial charge in [-0.25, -0.2) is 10.7 Å². The monoisotopic (exact) mass is 455 g/mol. The molecule has 180 valence electrons. The summed E-state index contributed by atoms with van der Waals surface area (Å²) < 4.78 is 2.12. The number of hydroxylamine groups is 1. The maximum atomic E-state index is 13.1. The molecule has 8 nitrogen and oxygen atoms in total. The van der Waals surface area contributed by atoms with Gasteiger partial charge in [-0.3, -0.25) is 9.69 Å². The number of nitrogens with two attached hydrogens (primary N) is 1. The standard InChI is InChI=1S/C23H31N5O3.C2H6/c1-4-27(5-2)23(29)16-9-19-18-7-6-8-20-22(18)15(10-21(19)26(3)12-16)13-28(20)14-17(24)11-25-31-30;1-2/h6-9,11,13,16,21,25,30H,4-5,10,12,14,24H2,1-3H3;1-2H3/b17-11-;/t16-,21-;/m1./s1. The highest BCUT2D eigenvalue weighted by atomic mass is 17.2. The van der Waals surface area contributed by atoms with Gasteiger partial charge in [-0.05, 0) is 50.1 Å². The summed E-state index contributed by atoms with van der Waals surface area (Å²) in [6, 6.07) is 6.57. The van der Waals surface area contributed by atoms with E-state index < -0.39 is 0 Å². The third kappa shape index (κ3) is 4.78. The van der Waals surface area contributed by atoms with Gasteiger partial charge in [0.1, 0.15) is 0 Å². The maximum absolute atomic E-state index is 13.1. The summed E-state index contributed by atoms with van der Waals surface area (Å²) >= 11 is 0. The molecule has 4 N–H and O–H groups in total. The lowest BCUT2D eigenvalue weighted by Crippen LogP contribution is -2.47. The van der Waals surface area contributed by atoms with Crippen molar-refractivity contribution in [1.29, 1.82) is 0 Å². The molecule has 1 aliphatic carbocycles. The van der Waals surface area contributed by atoms with E-state index in [1.165, 1.54) is 28.3 Å². The van der Waals surface area contributed by atoms with Crippen LogP contribution in [0.5, 0.6) is 0 Å². The van der Waals surface area contributed by atoms with E-state index in [-0.39, 0.29) is 17.9 Å². The molecule has 0 unspecified atom stereocenters. The number of aromatic nitrogens is 1. The number of rotatable bonds is 7. The van der Waals surface area contributed by atoms with Crippen molar-refractivity contribution >= 4 is 22.4 Å². The Morgan fingerprint density at radius 3 is 2.73 bits per heavy atom. The minimum Gasteiger partial charge on any atom is -0.399 e. The lowest BCUT2D eigenvalue weighted by atomic mass is 9.79. The van der Waals surface area contributed by atoms with Crippen molar-refractivity contribution in [3.63, 3.8) is 0 Å². The maximum Gasteiger partial charge on any atom is 0.230 e. The summed E-state index contributed by atoms with van der Waals surface area (Å²) in [5.41, 5.74) is 13.7. The number of carbonyl (C=O) groups excluding carboxylic acids is 1. The van der Waals surface area contributed by atoms with Crippen LogP contribution in [0.15, 0.2) is 42.4 Å². The lowest BCUT2D eigenvalue weighted by molar-refractivity contribution is -0.280. The molecule has 0 radical (unpaired) electrons. The second-order valence-electron chi connectivity index (χ2n) is 8.31. The van der Waals surface area contributed by atoms with Crippen LogP contribution in [0.1, 0.15) is 38.8 Å². The van der Waals surface area contributed by atoms with Gasteiger partial charge in [-0.15, -0.1) is 4.99 Å². The molecule has 8 heteroatoms. The molecule has 1 aromatic heterocycles. The first-order valence-corrected chi connectivity index (χ1v) is 11.8. The van der Waals surface area contributed by atoms with Crippen molar-refractivity contribution < 1.29 is 15.0 Å². The minimum absolute atomic E-state index is 0.127. The van der Waals surface area contributed by atoms with Crippen molar-refractivity contribution in [2.24, 2.45) is 11.7 Å². The normalized spacial score (nSPS) is 19.9. The van der Waals surface area contributed by atoms with Gasteiger partial charge in [0, 0.05) is 54.7 Å². The van der Waals surface area contributed by atoms with Gasteiger partial charge in [0.15, 0.2) is 0 Å². The molecule has 2 heterocycles. The summed E-state index contributed by atoms with van der Waals surface area (Å²) in [7, 11) is 2.11. The fourth-order valence-corrected chi connectivity index (χ4v) is 5.03. The van der Waals surface area contributed by atoms with Gasteiger partial charge >= 0.3 is 0 Å². The van der Waals surface area contributed by atoms with E-state index in [0.29, 0.717) is 12.2 Å². The average molecular weight is 456 g/mol. The van der Waals surface area contributed by atoms with E-state index in [0.717, 1.165) is 31.6 Å². The van der Waals surface area contributed by atoms with E-state index in [2.05, 4.69) is 57.5 Å². The molecule has 1 aromatic carbocycles. The van der Waals surface area contributed by atoms with E-state index in [1.807, 2.05) is 32.6 Å². The van der Waals surface area contributed by atoms with Crippen LogP contribution in [0.3, 0.4) is 0 Å².